The Morgan fingerprint density at radius 3 is 2.35 bits per heavy atom. The van der Waals surface area contributed by atoms with Crippen LogP contribution >= 0.6 is 11.8 Å². The van der Waals surface area contributed by atoms with Crippen LogP contribution in [-0.2, 0) is 14.8 Å². The van der Waals surface area contributed by atoms with Gasteiger partial charge in [-0.2, -0.15) is 0 Å². The summed E-state index contributed by atoms with van der Waals surface area (Å²) in [7, 11) is -1.85. The Morgan fingerprint density at radius 1 is 1.18 bits per heavy atom. The summed E-state index contributed by atoms with van der Waals surface area (Å²) in [5.41, 5.74) is -0.643. The van der Waals surface area contributed by atoms with Gasteiger partial charge >= 0.3 is 0 Å². The van der Waals surface area contributed by atoms with E-state index in [2.05, 4.69) is 59.6 Å². The van der Waals surface area contributed by atoms with Crippen molar-refractivity contribution in [3.05, 3.63) is 35.9 Å². The first-order valence-corrected chi connectivity index (χ1v) is 16.8. The lowest BCUT2D eigenvalue weighted by molar-refractivity contribution is -0.112. The largest absolute Gasteiger partial charge is 0.416 e. The highest BCUT2D eigenvalue weighted by Crippen LogP contribution is 2.64. The van der Waals surface area contributed by atoms with Crippen molar-refractivity contribution in [3.8, 4) is 11.8 Å². The number of hydrogen-bond acceptors (Lipinski definition) is 4. The van der Waals surface area contributed by atoms with E-state index in [1.807, 2.05) is 37.3 Å². The first-order valence-electron chi connectivity index (χ1n) is 12.9. The molecular weight excluding hydrogens is 456 g/mol. The van der Waals surface area contributed by atoms with Crippen molar-refractivity contribution in [1.29, 1.82) is 0 Å². The maximum absolute atomic E-state index is 11.9. The van der Waals surface area contributed by atoms with Crippen LogP contribution in [0.4, 0.5) is 0 Å². The molecule has 6 atom stereocenters. The Bertz CT molecular complexity index is 882. The Kier molecular flexibility index (Phi) is 8.43. The minimum Gasteiger partial charge on any atom is -0.416 e. The van der Waals surface area contributed by atoms with Crippen molar-refractivity contribution in [2.24, 2.45) is 23.2 Å². The van der Waals surface area contributed by atoms with Crippen molar-refractivity contribution in [2.45, 2.75) is 95.7 Å². The molecule has 190 valence electrons. The normalized spacial score (nSPS) is 28.8. The van der Waals surface area contributed by atoms with E-state index < -0.39 is 19.4 Å². The van der Waals surface area contributed by atoms with Crippen molar-refractivity contribution >= 4 is 20.1 Å². The van der Waals surface area contributed by atoms with Gasteiger partial charge in [-0.3, -0.25) is 0 Å². The van der Waals surface area contributed by atoms with Gasteiger partial charge in [-0.1, -0.05) is 70.9 Å². The minimum absolute atomic E-state index is 0.195. The topological polar surface area (TPSA) is 38.7 Å². The van der Waals surface area contributed by atoms with Gasteiger partial charge in [-0.15, -0.1) is 17.7 Å². The number of ether oxygens (including phenoxy) is 1. The molecule has 0 amide bonds. The molecule has 0 unspecified atom stereocenters. The number of thioether (sulfide) groups is 1. The fourth-order valence-electron chi connectivity index (χ4n) is 5.52. The van der Waals surface area contributed by atoms with Gasteiger partial charge in [-0.25, -0.2) is 0 Å². The summed E-state index contributed by atoms with van der Waals surface area (Å²) >= 11 is 1.79. The highest BCUT2D eigenvalue weighted by atomic mass is 32.2. The lowest BCUT2D eigenvalue weighted by Crippen LogP contribution is -2.59. The molecule has 5 heteroatoms. The third-order valence-electron chi connectivity index (χ3n) is 8.99. The molecule has 3 nitrogen and oxygen atoms in total. The lowest BCUT2D eigenvalue weighted by Gasteiger charge is -2.63. The molecule has 0 heterocycles. The summed E-state index contributed by atoms with van der Waals surface area (Å²) in [6.45, 7) is 21.6. The van der Waals surface area contributed by atoms with Crippen molar-refractivity contribution in [3.63, 3.8) is 0 Å². The van der Waals surface area contributed by atoms with Gasteiger partial charge in [0.05, 0.1) is 0 Å². The first kappa shape index (κ1) is 27.8. The molecule has 0 aromatic heterocycles. The molecule has 0 spiro atoms. The number of rotatable bonds is 9. The first-order chi connectivity index (χ1) is 15.8. The Labute approximate surface area is 213 Å². The van der Waals surface area contributed by atoms with Gasteiger partial charge < -0.3 is 14.3 Å². The summed E-state index contributed by atoms with van der Waals surface area (Å²) in [5, 5.41) is 12.5. The molecule has 3 saturated carbocycles. The smallest absolute Gasteiger partial charge is 0.191 e. The number of hydrogen-bond donors (Lipinski definition) is 1. The van der Waals surface area contributed by atoms with Crippen LogP contribution in [0.3, 0.4) is 0 Å². The highest BCUT2D eigenvalue weighted by Gasteiger charge is 2.59. The Morgan fingerprint density at radius 2 is 1.82 bits per heavy atom. The molecule has 34 heavy (non-hydrogen) atoms. The van der Waals surface area contributed by atoms with E-state index in [0.717, 1.165) is 24.5 Å². The van der Waals surface area contributed by atoms with Gasteiger partial charge in [0, 0.05) is 18.5 Å². The van der Waals surface area contributed by atoms with Crippen LogP contribution in [0.15, 0.2) is 30.3 Å². The fraction of sp³-hybridized carbons (Fsp3) is 0.724. The van der Waals surface area contributed by atoms with Crippen LogP contribution in [0.1, 0.15) is 66.9 Å². The zero-order chi connectivity index (χ0) is 25.4. The maximum Gasteiger partial charge on any atom is 0.191 e. The van der Waals surface area contributed by atoms with E-state index >= 15 is 0 Å². The fourth-order valence-corrected chi connectivity index (χ4v) is 8.30. The van der Waals surface area contributed by atoms with Crippen LogP contribution < -0.4 is 0 Å². The van der Waals surface area contributed by atoms with Gasteiger partial charge in [0.2, 0.25) is 0 Å². The molecule has 0 saturated heterocycles. The molecule has 3 fully saturated rings. The zero-order valence-corrected chi connectivity index (χ0v) is 24.6. The highest BCUT2D eigenvalue weighted by molar-refractivity contribution is 8.00. The molecule has 3 aliphatic carbocycles. The maximum atomic E-state index is 11.9. The predicted molar refractivity (Wildman–Crippen MR) is 147 cm³/mol. The summed E-state index contributed by atoms with van der Waals surface area (Å²) < 4.78 is 13.1. The minimum atomic E-state index is -1.85. The molecule has 1 aromatic carbocycles. The van der Waals surface area contributed by atoms with Gasteiger partial charge in [0.15, 0.2) is 13.9 Å². The van der Waals surface area contributed by atoms with Crippen LogP contribution in [0.2, 0.25) is 18.1 Å². The van der Waals surface area contributed by atoms with E-state index in [-0.39, 0.29) is 5.04 Å². The van der Waals surface area contributed by atoms with Crippen LogP contribution in [0.5, 0.6) is 0 Å². The van der Waals surface area contributed by atoms with Gasteiger partial charge in [-0.05, 0) is 73.6 Å². The van der Waals surface area contributed by atoms with E-state index in [1.165, 1.54) is 6.42 Å². The summed E-state index contributed by atoms with van der Waals surface area (Å²) in [5.74, 6) is 7.92. The predicted octanol–water partition coefficient (Wildman–Crippen LogP) is 7.07. The summed E-state index contributed by atoms with van der Waals surface area (Å²) in [6, 6.07) is 9.79. The van der Waals surface area contributed by atoms with E-state index in [9.17, 15) is 5.11 Å². The molecule has 1 N–H and O–H groups in total. The van der Waals surface area contributed by atoms with Crippen LogP contribution in [0.25, 0.3) is 0 Å². The Balaban J connectivity index is 1.89. The van der Waals surface area contributed by atoms with Crippen molar-refractivity contribution in [2.75, 3.05) is 13.2 Å². The molecule has 0 radical (unpaired) electrons. The molecular formula is C29H46O3SSi. The van der Waals surface area contributed by atoms with Crippen molar-refractivity contribution in [1.82, 2.24) is 0 Å². The second-order valence-corrected chi connectivity index (χ2v) is 18.4. The van der Waals surface area contributed by atoms with Crippen LogP contribution in [-0.4, -0.2) is 37.3 Å². The Hall–Kier alpha value is -0.773. The van der Waals surface area contributed by atoms with E-state index in [1.54, 1.807) is 18.7 Å². The number of fused-ring (bicyclic) bond motifs is 2. The quantitative estimate of drug-likeness (QED) is 0.223. The van der Waals surface area contributed by atoms with E-state index in [0.29, 0.717) is 29.1 Å². The average Bonchev–Trinajstić information content (AvgIpc) is 2.77. The summed E-state index contributed by atoms with van der Waals surface area (Å²) in [4.78, 5) is 0. The molecule has 3 aliphatic rings. The van der Waals surface area contributed by atoms with Gasteiger partial charge in [0.1, 0.15) is 5.44 Å². The van der Waals surface area contributed by atoms with E-state index in [4.69, 9.17) is 9.16 Å². The third-order valence-corrected chi connectivity index (χ3v) is 15.1. The third kappa shape index (κ3) is 5.32. The molecule has 2 bridgehead atoms. The second-order valence-electron chi connectivity index (χ2n) is 12.3. The van der Waals surface area contributed by atoms with Gasteiger partial charge in [0.25, 0.3) is 0 Å². The monoisotopic (exact) mass is 502 g/mol. The average molecular weight is 503 g/mol. The number of aliphatic hydroxyl groups is 1. The standard InChI is InChI=1S/C29H46O3SSi/c1-10-17-29(30,21-15-13-12-14-16-21)26(31-11-2)33-25-19-22-18-24(28(22,6)7)23(25)20-32-34(8,9)27(3,4)5/h12-16,22-26,30H,11,18-20H2,1-9H3/t22-,23+,24+,25+,26-,29+/m1/s1. The van der Waals surface area contributed by atoms with Crippen molar-refractivity contribution < 1.29 is 14.3 Å². The number of benzene rings is 1. The van der Waals surface area contributed by atoms with Crippen LogP contribution in [0, 0.1) is 35.0 Å². The summed E-state index contributed by atoms with van der Waals surface area (Å²) in [6.07, 6.45) is 2.44. The second kappa shape index (κ2) is 10.3. The zero-order valence-electron chi connectivity index (χ0n) is 22.8. The lowest BCUT2D eigenvalue weighted by atomic mass is 9.45. The molecule has 4 rings (SSSR count). The molecule has 0 aliphatic heterocycles. The SMILES string of the molecule is CC#C[C@](O)(c1ccccc1)[C@H](OCC)S[C@H]1C[C@H]2C[C@@H]([C@@H]1CO[Si](C)(C)C(C)(C)C)C2(C)C. The molecule has 1 aromatic rings.